The summed E-state index contributed by atoms with van der Waals surface area (Å²) in [6.45, 7) is -0.286. The number of halogens is 1. The number of anilines is 1. The Hall–Kier alpha value is -3.72. The Labute approximate surface area is 180 Å². The number of benzene rings is 2. The average molecular weight is 440 g/mol. The largest absolute Gasteiger partial charge is 0.484 e. The molecule has 0 unspecified atom stereocenters. The van der Waals surface area contributed by atoms with Crippen LogP contribution in [-0.2, 0) is 9.59 Å². The highest BCUT2D eigenvalue weighted by Crippen LogP contribution is 2.49. The first-order chi connectivity index (χ1) is 14.8. The van der Waals surface area contributed by atoms with Gasteiger partial charge in [-0.15, -0.1) is 11.3 Å². The van der Waals surface area contributed by atoms with E-state index in [9.17, 15) is 23.9 Å². The standard InChI is InChI=1S/C22H17FN2O5S/c23-13-5-1-4-12(7-13)18-19-20(31-21(18)22(28)29)15(9-17(27)25-19)11-3-2-6-14(8-11)30-10-16(24)26/h1-8,15H,9-10H2,(H2,24,26)(H,25,27)(H,28,29)/t15-/m1/s1. The van der Waals surface area contributed by atoms with Crippen LogP contribution in [0.3, 0.4) is 0 Å². The summed E-state index contributed by atoms with van der Waals surface area (Å²) in [5.41, 5.74) is 6.87. The number of thiophene rings is 1. The van der Waals surface area contributed by atoms with Crippen LogP contribution in [0, 0.1) is 5.82 Å². The number of aromatic carboxylic acids is 1. The lowest BCUT2D eigenvalue weighted by molar-refractivity contribution is -0.120. The normalized spacial score (nSPS) is 15.1. The van der Waals surface area contributed by atoms with E-state index in [2.05, 4.69) is 5.32 Å². The van der Waals surface area contributed by atoms with Crippen LogP contribution in [0.5, 0.6) is 5.75 Å². The maximum Gasteiger partial charge on any atom is 0.346 e. The van der Waals surface area contributed by atoms with Gasteiger partial charge in [0.25, 0.3) is 5.91 Å². The maximum atomic E-state index is 13.8. The SMILES string of the molecule is NC(=O)COc1cccc([C@H]2CC(=O)Nc3c2sc(C(=O)O)c3-c2cccc(F)c2)c1. The number of rotatable bonds is 6. The molecule has 1 atom stereocenters. The van der Waals surface area contributed by atoms with Crippen molar-refractivity contribution in [2.75, 3.05) is 11.9 Å². The monoisotopic (exact) mass is 440 g/mol. The number of carboxylic acids is 1. The molecule has 1 aromatic heterocycles. The summed E-state index contributed by atoms with van der Waals surface area (Å²) >= 11 is 1.05. The lowest BCUT2D eigenvalue weighted by atomic mass is 9.88. The second-order valence-electron chi connectivity index (χ2n) is 6.99. The van der Waals surface area contributed by atoms with Gasteiger partial charge in [-0.05, 0) is 35.4 Å². The molecule has 0 spiro atoms. The van der Waals surface area contributed by atoms with E-state index >= 15 is 0 Å². The summed E-state index contributed by atoms with van der Waals surface area (Å²) < 4.78 is 19.2. The number of fused-ring (bicyclic) bond motifs is 1. The van der Waals surface area contributed by atoms with Crippen LogP contribution < -0.4 is 15.8 Å². The van der Waals surface area contributed by atoms with Gasteiger partial charge >= 0.3 is 5.97 Å². The van der Waals surface area contributed by atoms with Crippen LogP contribution in [0.15, 0.2) is 48.5 Å². The molecular weight excluding hydrogens is 423 g/mol. The molecule has 0 fully saturated rings. The molecule has 1 aliphatic rings. The van der Waals surface area contributed by atoms with Gasteiger partial charge in [0.2, 0.25) is 5.91 Å². The minimum Gasteiger partial charge on any atom is -0.484 e. The van der Waals surface area contributed by atoms with Crippen LogP contribution in [-0.4, -0.2) is 29.5 Å². The molecule has 3 aromatic rings. The van der Waals surface area contributed by atoms with Crippen molar-refractivity contribution >= 4 is 34.8 Å². The molecule has 0 radical (unpaired) electrons. The minimum atomic E-state index is -1.16. The number of ether oxygens (including phenoxy) is 1. The summed E-state index contributed by atoms with van der Waals surface area (Å²) in [7, 11) is 0. The highest BCUT2D eigenvalue weighted by molar-refractivity contribution is 7.15. The van der Waals surface area contributed by atoms with Crippen molar-refractivity contribution in [1.29, 1.82) is 0 Å². The number of carboxylic acid groups (broad SMARTS) is 1. The topological polar surface area (TPSA) is 119 Å². The van der Waals surface area contributed by atoms with Gasteiger partial charge in [0.05, 0.1) is 5.69 Å². The number of primary amides is 1. The van der Waals surface area contributed by atoms with Gasteiger partial charge in [-0.25, -0.2) is 9.18 Å². The fourth-order valence-electron chi connectivity index (χ4n) is 3.60. The maximum absolute atomic E-state index is 13.8. The van der Waals surface area contributed by atoms with E-state index in [1.54, 1.807) is 30.3 Å². The van der Waals surface area contributed by atoms with Gasteiger partial charge in [0.15, 0.2) is 6.61 Å². The smallest absolute Gasteiger partial charge is 0.346 e. The van der Waals surface area contributed by atoms with E-state index in [0.717, 1.165) is 16.9 Å². The molecule has 7 nitrogen and oxygen atoms in total. The predicted octanol–water partition coefficient (Wildman–Crippen LogP) is 3.59. The Morgan fingerprint density at radius 3 is 2.71 bits per heavy atom. The van der Waals surface area contributed by atoms with Crippen molar-refractivity contribution in [2.24, 2.45) is 5.73 Å². The molecule has 9 heteroatoms. The number of nitrogens with one attached hydrogen (secondary N) is 1. The van der Waals surface area contributed by atoms with Crippen LogP contribution in [0.1, 0.15) is 32.5 Å². The summed E-state index contributed by atoms with van der Waals surface area (Å²) in [5.74, 6) is -2.59. The molecule has 2 amide bonds. The zero-order valence-corrected chi connectivity index (χ0v) is 16.9. The lowest BCUT2D eigenvalue weighted by Crippen LogP contribution is -2.22. The molecule has 1 aliphatic heterocycles. The number of hydrogen-bond donors (Lipinski definition) is 3. The number of nitrogens with two attached hydrogens (primary N) is 1. The Balaban J connectivity index is 1.83. The van der Waals surface area contributed by atoms with E-state index in [0.29, 0.717) is 21.9 Å². The van der Waals surface area contributed by atoms with E-state index in [1.165, 1.54) is 18.2 Å². The van der Waals surface area contributed by atoms with Crippen molar-refractivity contribution in [1.82, 2.24) is 0 Å². The molecule has 2 aromatic carbocycles. The van der Waals surface area contributed by atoms with Gasteiger partial charge in [-0.1, -0.05) is 24.3 Å². The Morgan fingerprint density at radius 2 is 2.00 bits per heavy atom. The Kier molecular flexibility index (Phi) is 5.43. The number of hydrogen-bond acceptors (Lipinski definition) is 5. The zero-order valence-electron chi connectivity index (χ0n) is 16.1. The summed E-state index contributed by atoms with van der Waals surface area (Å²) in [4.78, 5) is 36.2. The van der Waals surface area contributed by atoms with Gasteiger partial charge < -0.3 is 20.9 Å². The zero-order chi connectivity index (χ0) is 22.1. The van der Waals surface area contributed by atoms with Crippen molar-refractivity contribution < 1.29 is 28.6 Å². The fourth-order valence-corrected chi connectivity index (χ4v) is 4.85. The molecule has 31 heavy (non-hydrogen) atoms. The van der Waals surface area contributed by atoms with Gasteiger partial charge in [0.1, 0.15) is 16.4 Å². The van der Waals surface area contributed by atoms with Crippen LogP contribution >= 0.6 is 11.3 Å². The molecule has 0 bridgehead atoms. The van der Waals surface area contributed by atoms with Crippen molar-refractivity contribution in [3.8, 4) is 16.9 Å². The Morgan fingerprint density at radius 1 is 1.23 bits per heavy atom. The second-order valence-corrected chi connectivity index (χ2v) is 8.05. The lowest BCUT2D eigenvalue weighted by Gasteiger charge is -2.24. The molecule has 158 valence electrons. The van der Waals surface area contributed by atoms with Crippen molar-refractivity contribution in [3.63, 3.8) is 0 Å². The summed E-state index contributed by atoms with van der Waals surface area (Å²) in [5, 5.41) is 12.5. The summed E-state index contributed by atoms with van der Waals surface area (Å²) in [6.07, 6.45) is 0.106. The fraction of sp³-hybridized carbons (Fsp3) is 0.136. The van der Waals surface area contributed by atoms with Crippen LogP contribution in [0.4, 0.5) is 10.1 Å². The predicted molar refractivity (Wildman–Crippen MR) is 113 cm³/mol. The highest BCUT2D eigenvalue weighted by Gasteiger charge is 2.34. The number of amides is 2. The van der Waals surface area contributed by atoms with E-state index in [1.807, 2.05) is 0 Å². The van der Waals surface area contributed by atoms with Crippen LogP contribution in [0.2, 0.25) is 0 Å². The number of carbonyl (C=O) groups is 3. The van der Waals surface area contributed by atoms with Gasteiger partial charge in [0, 0.05) is 22.8 Å². The van der Waals surface area contributed by atoms with Crippen molar-refractivity contribution in [2.45, 2.75) is 12.3 Å². The molecule has 0 aliphatic carbocycles. The van der Waals surface area contributed by atoms with Gasteiger partial charge in [-0.3, -0.25) is 9.59 Å². The van der Waals surface area contributed by atoms with E-state index < -0.39 is 23.6 Å². The van der Waals surface area contributed by atoms with E-state index in [-0.39, 0.29) is 29.4 Å². The van der Waals surface area contributed by atoms with Crippen molar-refractivity contribution in [3.05, 3.63) is 69.7 Å². The molecule has 0 saturated carbocycles. The second kappa shape index (κ2) is 8.19. The molecular formula is C22H17FN2O5S. The average Bonchev–Trinajstić information content (AvgIpc) is 3.11. The minimum absolute atomic E-state index is 0.0175. The molecule has 2 heterocycles. The van der Waals surface area contributed by atoms with Crippen LogP contribution in [0.25, 0.3) is 11.1 Å². The molecule has 4 rings (SSSR count). The third-order valence-corrected chi connectivity index (χ3v) is 6.15. The van der Waals surface area contributed by atoms with Gasteiger partial charge in [-0.2, -0.15) is 0 Å². The quantitative estimate of drug-likeness (QED) is 0.541. The summed E-state index contributed by atoms with van der Waals surface area (Å²) in [6, 6.07) is 12.5. The first-order valence-electron chi connectivity index (χ1n) is 9.30. The number of carbonyl (C=O) groups excluding carboxylic acids is 2. The first-order valence-corrected chi connectivity index (χ1v) is 10.1. The molecule has 4 N–H and O–H groups in total. The van der Waals surface area contributed by atoms with E-state index in [4.69, 9.17) is 10.5 Å². The first kappa shape index (κ1) is 20.5. The third-order valence-electron chi connectivity index (χ3n) is 4.86. The molecule has 0 saturated heterocycles. The Bertz CT molecular complexity index is 1210. The highest BCUT2D eigenvalue weighted by atomic mass is 32.1. The third kappa shape index (κ3) is 4.13.